The molecule has 1 saturated heterocycles. The Morgan fingerprint density at radius 3 is 2.88 bits per heavy atom. The number of halogens is 1. The van der Waals surface area contributed by atoms with Crippen LogP contribution in [0.1, 0.15) is 24.4 Å². The van der Waals surface area contributed by atoms with Crippen LogP contribution >= 0.6 is 11.6 Å². The van der Waals surface area contributed by atoms with Gasteiger partial charge in [0.25, 0.3) is 10.0 Å². The second-order valence-electron chi connectivity index (χ2n) is 5.80. The zero-order chi connectivity index (χ0) is 17.3. The highest BCUT2D eigenvalue weighted by atomic mass is 35.5. The van der Waals surface area contributed by atoms with Gasteiger partial charge in [-0.1, -0.05) is 23.7 Å². The molecular weight excluding hydrogens is 348 g/mol. The third-order valence-electron chi connectivity index (χ3n) is 4.30. The Bertz CT molecular complexity index is 834. The summed E-state index contributed by atoms with van der Waals surface area (Å²) in [6.07, 6.45) is 1.61. The molecule has 1 unspecified atom stereocenters. The molecular formula is C16H21ClN4O2S. The summed E-state index contributed by atoms with van der Waals surface area (Å²) in [5, 5.41) is 3.97. The molecule has 3 rings (SSSR count). The normalized spacial score (nSPS) is 19.5. The third-order valence-corrected chi connectivity index (χ3v) is 6.31. The summed E-state index contributed by atoms with van der Waals surface area (Å²) >= 11 is 6.08. The van der Waals surface area contributed by atoms with Gasteiger partial charge in [0.1, 0.15) is 5.82 Å². The van der Waals surface area contributed by atoms with Crippen LogP contribution in [0.5, 0.6) is 0 Å². The Morgan fingerprint density at radius 1 is 1.42 bits per heavy atom. The second kappa shape index (κ2) is 6.84. The molecule has 0 aliphatic carbocycles. The number of aromatic nitrogens is 2. The quantitative estimate of drug-likeness (QED) is 0.898. The van der Waals surface area contributed by atoms with Crippen LogP contribution in [0.25, 0.3) is 0 Å². The van der Waals surface area contributed by atoms with Gasteiger partial charge in [-0.25, -0.2) is 13.4 Å². The minimum absolute atomic E-state index is 0.107. The molecule has 130 valence electrons. The summed E-state index contributed by atoms with van der Waals surface area (Å²) in [6, 6.07) is 7.05. The average molecular weight is 369 g/mol. The number of benzene rings is 1. The fraction of sp³-hybridized carbons (Fsp3) is 0.438. The highest BCUT2D eigenvalue weighted by molar-refractivity contribution is 7.89. The minimum Gasteiger partial charge on any atom is -0.334 e. The number of nitrogens with one attached hydrogen (secondary N) is 1. The summed E-state index contributed by atoms with van der Waals surface area (Å²) in [5.41, 5.74) is 0.880. The maximum absolute atomic E-state index is 13.1. The molecule has 2 heterocycles. The minimum atomic E-state index is -3.67. The van der Waals surface area contributed by atoms with E-state index in [9.17, 15) is 8.42 Å². The van der Waals surface area contributed by atoms with Crippen molar-refractivity contribution in [1.82, 2.24) is 19.2 Å². The maximum atomic E-state index is 13.1. The molecule has 1 aliphatic rings. The number of imidazole rings is 1. The first-order valence-corrected chi connectivity index (χ1v) is 9.77. The van der Waals surface area contributed by atoms with E-state index in [0.29, 0.717) is 37.0 Å². The van der Waals surface area contributed by atoms with Gasteiger partial charge in [-0.05, 0) is 31.5 Å². The SMILES string of the molecule is CCn1cc(S(=O)(=O)N2CCNCC2c2cccc(Cl)c2)nc1C. The lowest BCUT2D eigenvalue weighted by atomic mass is 10.1. The van der Waals surface area contributed by atoms with Gasteiger partial charge in [0.05, 0.1) is 6.04 Å². The Hall–Kier alpha value is -1.41. The molecule has 8 heteroatoms. The van der Waals surface area contributed by atoms with Gasteiger partial charge >= 0.3 is 0 Å². The molecule has 1 fully saturated rings. The lowest BCUT2D eigenvalue weighted by Gasteiger charge is -2.35. The summed E-state index contributed by atoms with van der Waals surface area (Å²) in [5.74, 6) is 0.700. The van der Waals surface area contributed by atoms with E-state index in [2.05, 4.69) is 10.3 Å². The first kappa shape index (κ1) is 17.4. The van der Waals surface area contributed by atoms with Crippen molar-refractivity contribution >= 4 is 21.6 Å². The monoisotopic (exact) mass is 368 g/mol. The molecule has 1 aromatic heterocycles. The van der Waals surface area contributed by atoms with Crippen molar-refractivity contribution in [2.75, 3.05) is 19.6 Å². The first-order chi connectivity index (χ1) is 11.4. The van der Waals surface area contributed by atoms with Crippen molar-refractivity contribution in [3.8, 4) is 0 Å². The standard InChI is InChI=1S/C16H21ClN4O2S/c1-3-20-11-16(19-12(20)2)24(22,23)21-8-7-18-10-15(21)13-5-4-6-14(17)9-13/h4-6,9,11,15,18H,3,7-8,10H2,1-2H3. The van der Waals surface area contributed by atoms with Gasteiger partial charge in [-0.15, -0.1) is 0 Å². The van der Waals surface area contributed by atoms with Crippen molar-refractivity contribution < 1.29 is 8.42 Å². The van der Waals surface area contributed by atoms with Gasteiger partial charge in [0, 0.05) is 37.4 Å². The molecule has 1 atom stereocenters. The van der Waals surface area contributed by atoms with Crippen LogP contribution in [0.3, 0.4) is 0 Å². The zero-order valence-corrected chi connectivity index (χ0v) is 15.3. The van der Waals surface area contributed by atoms with E-state index in [1.165, 1.54) is 4.31 Å². The largest absolute Gasteiger partial charge is 0.334 e. The Labute approximate surface area is 147 Å². The van der Waals surface area contributed by atoms with Crippen LogP contribution in [0.4, 0.5) is 0 Å². The van der Waals surface area contributed by atoms with Crippen LogP contribution in [0.2, 0.25) is 5.02 Å². The van der Waals surface area contributed by atoms with E-state index < -0.39 is 10.0 Å². The van der Waals surface area contributed by atoms with Crippen molar-refractivity contribution in [2.45, 2.75) is 31.5 Å². The number of rotatable bonds is 4. The number of sulfonamides is 1. The highest BCUT2D eigenvalue weighted by Crippen LogP contribution is 2.29. The third kappa shape index (κ3) is 3.21. The van der Waals surface area contributed by atoms with E-state index in [1.54, 1.807) is 12.3 Å². The Morgan fingerprint density at radius 2 is 2.21 bits per heavy atom. The molecule has 0 radical (unpaired) electrons. The molecule has 1 N–H and O–H groups in total. The zero-order valence-electron chi connectivity index (χ0n) is 13.7. The summed E-state index contributed by atoms with van der Waals surface area (Å²) in [6.45, 7) is 6.03. The van der Waals surface area contributed by atoms with Gasteiger partial charge < -0.3 is 9.88 Å². The second-order valence-corrected chi connectivity index (χ2v) is 8.08. The molecule has 0 spiro atoms. The van der Waals surface area contributed by atoms with Gasteiger partial charge in [0.15, 0.2) is 5.03 Å². The summed E-state index contributed by atoms with van der Waals surface area (Å²) in [4.78, 5) is 4.26. The van der Waals surface area contributed by atoms with Crippen molar-refractivity contribution in [1.29, 1.82) is 0 Å². The van der Waals surface area contributed by atoms with Crippen molar-refractivity contribution in [3.63, 3.8) is 0 Å². The Kier molecular flexibility index (Phi) is 4.96. The summed E-state index contributed by atoms with van der Waals surface area (Å²) in [7, 11) is -3.67. The lowest BCUT2D eigenvalue weighted by Crippen LogP contribution is -2.48. The molecule has 0 saturated carbocycles. The molecule has 2 aromatic rings. The lowest BCUT2D eigenvalue weighted by molar-refractivity contribution is 0.271. The average Bonchev–Trinajstić information content (AvgIpc) is 2.96. The number of aryl methyl sites for hydroxylation is 2. The number of hydrogen-bond acceptors (Lipinski definition) is 4. The van der Waals surface area contributed by atoms with E-state index in [0.717, 1.165) is 5.56 Å². The maximum Gasteiger partial charge on any atom is 0.262 e. The first-order valence-electron chi connectivity index (χ1n) is 7.95. The topological polar surface area (TPSA) is 67.2 Å². The summed E-state index contributed by atoms with van der Waals surface area (Å²) < 4.78 is 29.6. The molecule has 1 aliphatic heterocycles. The van der Waals surface area contributed by atoms with Gasteiger partial charge in [0.2, 0.25) is 0 Å². The van der Waals surface area contributed by atoms with Crippen molar-refractivity contribution in [3.05, 3.63) is 46.9 Å². The highest BCUT2D eigenvalue weighted by Gasteiger charge is 2.36. The van der Waals surface area contributed by atoms with E-state index in [4.69, 9.17) is 11.6 Å². The number of nitrogens with zero attached hydrogens (tertiary/aromatic N) is 3. The number of piperazine rings is 1. The molecule has 1 aromatic carbocycles. The predicted molar refractivity (Wildman–Crippen MR) is 93.6 cm³/mol. The fourth-order valence-corrected chi connectivity index (χ4v) is 4.83. The predicted octanol–water partition coefficient (Wildman–Crippen LogP) is 2.20. The van der Waals surface area contributed by atoms with Crippen LogP contribution in [0.15, 0.2) is 35.5 Å². The van der Waals surface area contributed by atoms with E-state index >= 15 is 0 Å². The van der Waals surface area contributed by atoms with E-state index in [-0.39, 0.29) is 11.1 Å². The fourth-order valence-electron chi connectivity index (χ4n) is 3.02. The van der Waals surface area contributed by atoms with Crippen LogP contribution < -0.4 is 5.32 Å². The van der Waals surface area contributed by atoms with Crippen molar-refractivity contribution in [2.24, 2.45) is 0 Å². The van der Waals surface area contributed by atoms with Gasteiger partial charge in [-0.2, -0.15) is 4.31 Å². The van der Waals surface area contributed by atoms with E-state index in [1.807, 2.05) is 36.6 Å². The van der Waals surface area contributed by atoms with Crippen LogP contribution in [-0.4, -0.2) is 41.9 Å². The molecule has 0 amide bonds. The molecule has 6 nitrogen and oxygen atoms in total. The molecule has 0 bridgehead atoms. The van der Waals surface area contributed by atoms with Crippen LogP contribution in [0, 0.1) is 6.92 Å². The Balaban J connectivity index is 2.00. The van der Waals surface area contributed by atoms with Crippen LogP contribution in [-0.2, 0) is 16.6 Å². The smallest absolute Gasteiger partial charge is 0.262 e. The molecule has 24 heavy (non-hydrogen) atoms. The number of hydrogen-bond donors (Lipinski definition) is 1. The van der Waals surface area contributed by atoms with Gasteiger partial charge in [-0.3, -0.25) is 0 Å².